The van der Waals surface area contributed by atoms with Crippen LogP contribution in [0.1, 0.15) is 55.8 Å². The highest BCUT2D eigenvalue weighted by Crippen LogP contribution is 2.39. The summed E-state index contributed by atoms with van der Waals surface area (Å²) in [6.45, 7) is 3.28. The fourth-order valence-electron chi connectivity index (χ4n) is 3.92. The molecule has 0 radical (unpaired) electrons. The highest BCUT2D eigenvalue weighted by Gasteiger charge is 2.28. The minimum atomic E-state index is -0.491. The van der Waals surface area contributed by atoms with E-state index < -0.39 is 6.10 Å². The maximum Gasteiger partial charge on any atom is 0.226 e. The van der Waals surface area contributed by atoms with Crippen molar-refractivity contribution in [2.24, 2.45) is 0 Å². The van der Waals surface area contributed by atoms with Gasteiger partial charge in [0.1, 0.15) is 0 Å². The van der Waals surface area contributed by atoms with Gasteiger partial charge in [-0.2, -0.15) is 5.10 Å². The van der Waals surface area contributed by atoms with E-state index in [0.29, 0.717) is 32.0 Å². The molecule has 2 fully saturated rings. The van der Waals surface area contributed by atoms with Crippen molar-refractivity contribution in [3.8, 4) is 0 Å². The van der Waals surface area contributed by atoms with Crippen LogP contribution >= 0.6 is 0 Å². The number of allylic oxidation sites excluding steroid dienone is 1. The molecule has 2 N–H and O–H groups in total. The number of amides is 1. The SMILES string of the molecule is O=C(CC1=CCCC1)N1CCN(Cc2cc(C3CC3)n[nH]2)C[C@@H](O)C1. The summed E-state index contributed by atoms with van der Waals surface area (Å²) in [5.41, 5.74) is 3.54. The number of carbonyl (C=O) groups excluding carboxylic acids is 1. The van der Waals surface area contributed by atoms with Crippen molar-refractivity contribution in [1.29, 1.82) is 0 Å². The Labute approximate surface area is 148 Å². The zero-order chi connectivity index (χ0) is 17.2. The number of nitrogens with one attached hydrogen (secondary N) is 1. The summed E-state index contributed by atoms with van der Waals surface area (Å²) < 4.78 is 0. The Bertz CT molecular complexity index is 650. The summed E-state index contributed by atoms with van der Waals surface area (Å²) in [6.07, 6.45) is 8.07. The number of hydrogen-bond donors (Lipinski definition) is 2. The molecule has 4 rings (SSSR count). The first-order valence-corrected chi connectivity index (χ1v) is 9.57. The lowest BCUT2D eigenvalue weighted by Gasteiger charge is -2.22. The van der Waals surface area contributed by atoms with E-state index in [1.165, 1.54) is 30.5 Å². The van der Waals surface area contributed by atoms with Gasteiger partial charge in [-0.05, 0) is 38.2 Å². The van der Waals surface area contributed by atoms with E-state index in [-0.39, 0.29) is 5.91 Å². The molecule has 0 bridgehead atoms. The maximum absolute atomic E-state index is 12.5. The number of nitrogens with zero attached hydrogens (tertiary/aromatic N) is 3. The van der Waals surface area contributed by atoms with Crippen molar-refractivity contribution in [3.05, 3.63) is 29.1 Å². The van der Waals surface area contributed by atoms with Gasteiger partial charge in [0.05, 0.1) is 11.8 Å². The summed E-state index contributed by atoms with van der Waals surface area (Å²) in [4.78, 5) is 16.6. The van der Waals surface area contributed by atoms with Crippen LogP contribution in [-0.4, -0.2) is 63.3 Å². The average Bonchev–Trinajstić information content (AvgIpc) is 3.18. The minimum absolute atomic E-state index is 0.159. The lowest BCUT2D eigenvalue weighted by Crippen LogP contribution is -2.37. The molecular weight excluding hydrogens is 316 g/mol. The number of aliphatic hydroxyl groups is 1. The molecule has 1 aromatic rings. The third-order valence-electron chi connectivity index (χ3n) is 5.49. The van der Waals surface area contributed by atoms with E-state index in [1.807, 2.05) is 4.90 Å². The predicted molar refractivity (Wildman–Crippen MR) is 95.0 cm³/mol. The zero-order valence-corrected chi connectivity index (χ0v) is 14.8. The third-order valence-corrected chi connectivity index (χ3v) is 5.49. The van der Waals surface area contributed by atoms with Gasteiger partial charge in [0.2, 0.25) is 5.91 Å². The number of aliphatic hydroxyl groups excluding tert-OH is 1. The van der Waals surface area contributed by atoms with Gasteiger partial charge >= 0.3 is 0 Å². The molecule has 0 aromatic carbocycles. The molecule has 1 aromatic heterocycles. The van der Waals surface area contributed by atoms with E-state index in [9.17, 15) is 9.90 Å². The van der Waals surface area contributed by atoms with Crippen LogP contribution in [0.25, 0.3) is 0 Å². The Morgan fingerprint density at radius 3 is 2.96 bits per heavy atom. The van der Waals surface area contributed by atoms with Crippen LogP contribution in [0, 0.1) is 0 Å². The molecule has 2 heterocycles. The van der Waals surface area contributed by atoms with Crippen molar-refractivity contribution in [1.82, 2.24) is 20.0 Å². The van der Waals surface area contributed by atoms with Gasteiger partial charge in [-0.15, -0.1) is 0 Å². The first-order valence-electron chi connectivity index (χ1n) is 9.57. The molecule has 25 heavy (non-hydrogen) atoms. The second-order valence-corrected chi connectivity index (χ2v) is 7.75. The highest BCUT2D eigenvalue weighted by molar-refractivity contribution is 5.79. The molecule has 1 aliphatic heterocycles. The van der Waals surface area contributed by atoms with Crippen LogP contribution < -0.4 is 0 Å². The minimum Gasteiger partial charge on any atom is -0.390 e. The Morgan fingerprint density at radius 2 is 2.20 bits per heavy atom. The Morgan fingerprint density at radius 1 is 1.32 bits per heavy atom. The molecule has 1 atom stereocenters. The van der Waals surface area contributed by atoms with Gasteiger partial charge in [-0.3, -0.25) is 14.8 Å². The molecule has 6 nitrogen and oxygen atoms in total. The molecule has 3 aliphatic rings. The fraction of sp³-hybridized carbons (Fsp3) is 0.684. The molecule has 6 heteroatoms. The van der Waals surface area contributed by atoms with E-state index >= 15 is 0 Å². The summed E-state index contributed by atoms with van der Waals surface area (Å²) in [7, 11) is 0. The molecule has 2 aliphatic carbocycles. The second-order valence-electron chi connectivity index (χ2n) is 7.75. The zero-order valence-electron chi connectivity index (χ0n) is 14.8. The number of hydrogen-bond acceptors (Lipinski definition) is 4. The van der Waals surface area contributed by atoms with Crippen molar-refractivity contribution in [2.75, 3.05) is 26.2 Å². The number of carbonyl (C=O) groups is 1. The number of H-pyrrole nitrogens is 1. The second kappa shape index (κ2) is 7.30. The summed E-state index contributed by atoms with van der Waals surface area (Å²) in [5.74, 6) is 0.810. The average molecular weight is 344 g/mol. The third kappa shape index (κ3) is 4.30. The topological polar surface area (TPSA) is 72.5 Å². The molecule has 1 saturated heterocycles. The Kier molecular flexibility index (Phi) is 4.90. The molecular formula is C19H28N4O2. The molecule has 0 spiro atoms. The number of rotatable bonds is 5. The van der Waals surface area contributed by atoms with Crippen molar-refractivity contribution in [2.45, 2.75) is 57.1 Å². The van der Waals surface area contributed by atoms with E-state index in [2.05, 4.69) is 27.2 Å². The number of aromatic nitrogens is 2. The van der Waals surface area contributed by atoms with Gasteiger partial charge in [0, 0.05) is 50.8 Å². The predicted octanol–water partition coefficient (Wildman–Crippen LogP) is 1.79. The van der Waals surface area contributed by atoms with Crippen LogP contribution in [0.3, 0.4) is 0 Å². The summed E-state index contributed by atoms with van der Waals surface area (Å²) in [6, 6.07) is 2.16. The van der Waals surface area contributed by atoms with Crippen LogP contribution in [0.4, 0.5) is 0 Å². The van der Waals surface area contributed by atoms with Gasteiger partial charge in [0.15, 0.2) is 0 Å². The van der Waals surface area contributed by atoms with Crippen LogP contribution in [-0.2, 0) is 11.3 Å². The van der Waals surface area contributed by atoms with Crippen molar-refractivity contribution in [3.63, 3.8) is 0 Å². The Hall–Kier alpha value is -1.66. The van der Waals surface area contributed by atoms with Gasteiger partial charge < -0.3 is 10.0 Å². The molecule has 1 saturated carbocycles. The van der Waals surface area contributed by atoms with Crippen LogP contribution in [0.2, 0.25) is 0 Å². The monoisotopic (exact) mass is 344 g/mol. The summed E-state index contributed by atoms with van der Waals surface area (Å²) in [5, 5.41) is 17.9. The van der Waals surface area contributed by atoms with Gasteiger partial charge in [-0.1, -0.05) is 11.6 Å². The highest BCUT2D eigenvalue weighted by atomic mass is 16.3. The molecule has 136 valence electrons. The van der Waals surface area contributed by atoms with Gasteiger partial charge in [0.25, 0.3) is 0 Å². The van der Waals surface area contributed by atoms with Crippen molar-refractivity contribution >= 4 is 5.91 Å². The normalized spacial score (nSPS) is 25.1. The Balaban J connectivity index is 1.32. The van der Waals surface area contributed by atoms with Crippen LogP contribution in [0.5, 0.6) is 0 Å². The van der Waals surface area contributed by atoms with E-state index in [1.54, 1.807) is 0 Å². The first kappa shape index (κ1) is 16.8. The standard InChI is InChI=1S/C19H28N4O2/c24-17-12-22(11-16-10-18(21-20-16)15-5-6-15)7-8-23(13-17)19(25)9-14-3-1-2-4-14/h3,10,15,17,24H,1-2,4-9,11-13H2,(H,20,21)/t17-/m1/s1. The quantitative estimate of drug-likeness (QED) is 0.799. The fourth-order valence-corrected chi connectivity index (χ4v) is 3.92. The summed E-state index contributed by atoms with van der Waals surface area (Å²) >= 11 is 0. The number of β-amino-alcohol motifs (C(OH)–C–C–N with tert-alkyl or cyclic N) is 1. The maximum atomic E-state index is 12.5. The van der Waals surface area contributed by atoms with E-state index in [0.717, 1.165) is 31.6 Å². The number of aromatic amines is 1. The van der Waals surface area contributed by atoms with Gasteiger partial charge in [-0.25, -0.2) is 0 Å². The van der Waals surface area contributed by atoms with E-state index in [4.69, 9.17) is 0 Å². The lowest BCUT2D eigenvalue weighted by molar-refractivity contribution is -0.131. The lowest BCUT2D eigenvalue weighted by atomic mass is 10.1. The molecule has 0 unspecified atom stereocenters. The smallest absolute Gasteiger partial charge is 0.226 e. The molecule has 1 amide bonds. The first-order chi connectivity index (χ1) is 12.2. The van der Waals surface area contributed by atoms with Crippen molar-refractivity contribution < 1.29 is 9.90 Å². The van der Waals surface area contributed by atoms with Crippen LogP contribution in [0.15, 0.2) is 17.7 Å². The largest absolute Gasteiger partial charge is 0.390 e.